The van der Waals surface area contributed by atoms with Crippen molar-refractivity contribution in [3.63, 3.8) is 0 Å². The van der Waals surface area contributed by atoms with Crippen LogP contribution >= 0.6 is 11.8 Å². The number of benzene rings is 3. The van der Waals surface area contributed by atoms with E-state index in [1.165, 1.54) is 11.8 Å². The second-order valence-corrected chi connectivity index (χ2v) is 8.17. The topological polar surface area (TPSA) is 97.2 Å². The van der Waals surface area contributed by atoms with Gasteiger partial charge in [0.05, 0.1) is 5.69 Å². The van der Waals surface area contributed by atoms with Crippen molar-refractivity contribution in [3.8, 4) is 34.6 Å². The van der Waals surface area contributed by atoms with Crippen LogP contribution in [0.25, 0.3) is 11.3 Å². The molecule has 35 heavy (non-hydrogen) atoms. The summed E-state index contributed by atoms with van der Waals surface area (Å²) in [6.45, 7) is 1.24. The number of hydrogen-bond donors (Lipinski definition) is 1. The molecule has 1 aromatic heterocycles. The lowest BCUT2D eigenvalue weighted by Crippen LogP contribution is -2.14. The standard InChI is InChI=1S/C27H23N3O4S/c1-35-27-29-25(24(17-28)26(31)30-27)20-7-9-21(10-8-20)32-15-16-33-22-11-13-23(14-12-22)34-18-19-5-3-2-4-6-19/h2-14H,15-16,18H2,1H3,(H,29,30,31). The first kappa shape index (κ1) is 23.9. The maximum Gasteiger partial charge on any atom is 0.270 e. The van der Waals surface area contributed by atoms with Gasteiger partial charge in [-0.1, -0.05) is 42.1 Å². The number of thioether (sulfide) groups is 1. The molecule has 0 saturated carbocycles. The Morgan fingerprint density at radius 3 is 2.00 bits per heavy atom. The van der Waals surface area contributed by atoms with Crippen LogP contribution in [0, 0.1) is 11.3 Å². The SMILES string of the molecule is CSc1nc(-c2ccc(OCCOc3ccc(OCc4ccccc4)cc3)cc2)c(C#N)c(=O)[nH]1. The number of hydrogen-bond acceptors (Lipinski definition) is 7. The minimum absolute atomic E-state index is 0.0126. The Morgan fingerprint density at radius 2 is 1.43 bits per heavy atom. The molecule has 1 heterocycles. The van der Waals surface area contributed by atoms with Crippen LogP contribution in [0.2, 0.25) is 0 Å². The summed E-state index contributed by atoms with van der Waals surface area (Å²) in [6.07, 6.45) is 1.81. The highest BCUT2D eigenvalue weighted by Gasteiger charge is 2.13. The molecule has 3 aromatic carbocycles. The molecule has 0 bridgehead atoms. The van der Waals surface area contributed by atoms with E-state index in [1.807, 2.05) is 60.7 Å². The number of aromatic amines is 1. The van der Waals surface area contributed by atoms with Gasteiger partial charge < -0.3 is 19.2 Å². The molecular weight excluding hydrogens is 462 g/mol. The molecule has 7 nitrogen and oxygen atoms in total. The molecule has 8 heteroatoms. The number of nitrogens with one attached hydrogen (secondary N) is 1. The van der Waals surface area contributed by atoms with E-state index >= 15 is 0 Å². The van der Waals surface area contributed by atoms with Crippen LogP contribution in [0.3, 0.4) is 0 Å². The minimum Gasteiger partial charge on any atom is -0.490 e. The monoisotopic (exact) mass is 485 g/mol. The Labute approximate surface area is 207 Å². The van der Waals surface area contributed by atoms with E-state index in [2.05, 4.69) is 9.97 Å². The molecule has 0 atom stereocenters. The van der Waals surface area contributed by atoms with E-state index < -0.39 is 5.56 Å². The predicted molar refractivity (Wildman–Crippen MR) is 135 cm³/mol. The van der Waals surface area contributed by atoms with Crippen LogP contribution in [-0.2, 0) is 6.61 Å². The van der Waals surface area contributed by atoms with E-state index in [0.29, 0.717) is 42.0 Å². The summed E-state index contributed by atoms with van der Waals surface area (Å²) in [5.41, 5.74) is 1.67. The van der Waals surface area contributed by atoms with Gasteiger partial charge in [-0.05, 0) is 60.4 Å². The molecule has 0 fully saturated rings. The lowest BCUT2D eigenvalue weighted by atomic mass is 10.1. The average Bonchev–Trinajstić information content (AvgIpc) is 2.91. The van der Waals surface area contributed by atoms with Gasteiger partial charge >= 0.3 is 0 Å². The Balaban J connectivity index is 1.26. The van der Waals surface area contributed by atoms with Crippen LogP contribution in [0.4, 0.5) is 0 Å². The molecule has 0 amide bonds. The fraction of sp³-hybridized carbons (Fsp3) is 0.148. The second-order valence-electron chi connectivity index (χ2n) is 7.38. The summed E-state index contributed by atoms with van der Waals surface area (Å²) in [4.78, 5) is 19.1. The van der Waals surface area contributed by atoms with Gasteiger partial charge in [0.25, 0.3) is 5.56 Å². The highest BCUT2D eigenvalue weighted by Crippen LogP contribution is 2.24. The van der Waals surface area contributed by atoms with E-state index in [4.69, 9.17) is 14.2 Å². The molecule has 0 aliphatic carbocycles. The largest absolute Gasteiger partial charge is 0.490 e. The van der Waals surface area contributed by atoms with Gasteiger partial charge in [0, 0.05) is 5.56 Å². The van der Waals surface area contributed by atoms with Crippen molar-refractivity contribution in [2.75, 3.05) is 19.5 Å². The van der Waals surface area contributed by atoms with Crippen molar-refractivity contribution in [2.45, 2.75) is 11.8 Å². The molecule has 176 valence electrons. The molecular formula is C27H23N3O4S. The van der Waals surface area contributed by atoms with Crippen molar-refractivity contribution >= 4 is 11.8 Å². The number of aromatic nitrogens is 2. The summed E-state index contributed by atoms with van der Waals surface area (Å²) in [6, 6.07) is 26.5. The predicted octanol–water partition coefficient (Wildman–Crippen LogP) is 5.07. The van der Waals surface area contributed by atoms with Crippen LogP contribution in [0.15, 0.2) is 88.8 Å². The summed E-state index contributed by atoms with van der Waals surface area (Å²) >= 11 is 1.31. The molecule has 0 aliphatic rings. The minimum atomic E-state index is -0.449. The fourth-order valence-electron chi connectivity index (χ4n) is 3.26. The van der Waals surface area contributed by atoms with E-state index in [9.17, 15) is 10.1 Å². The third-order valence-electron chi connectivity index (χ3n) is 5.02. The normalized spacial score (nSPS) is 10.4. The maximum atomic E-state index is 12.1. The molecule has 0 radical (unpaired) electrons. The van der Waals surface area contributed by atoms with Crippen molar-refractivity contribution in [3.05, 3.63) is 100 Å². The third kappa shape index (κ3) is 6.43. The first-order valence-corrected chi connectivity index (χ1v) is 12.1. The van der Waals surface area contributed by atoms with Gasteiger partial charge in [-0.3, -0.25) is 4.79 Å². The van der Waals surface area contributed by atoms with Crippen LogP contribution in [-0.4, -0.2) is 29.4 Å². The fourth-order valence-corrected chi connectivity index (χ4v) is 3.64. The van der Waals surface area contributed by atoms with Crippen molar-refractivity contribution in [1.29, 1.82) is 5.26 Å². The number of H-pyrrole nitrogens is 1. The number of rotatable bonds is 10. The van der Waals surface area contributed by atoms with Gasteiger partial charge in [0.15, 0.2) is 5.16 Å². The van der Waals surface area contributed by atoms with Gasteiger partial charge in [-0.15, -0.1) is 0 Å². The van der Waals surface area contributed by atoms with Crippen LogP contribution in [0.1, 0.15) is 11.1 Å². The number of ether oxygens (including phenoxy) is 3. The molecule has 0 saturated heterocycles. The molecule has 4 rings (SSSR count). The second kappa shape index (κ2) is 11.8. The lowest BCUT2D eigenvalue weighted by Gasteiger charge is -2.10. The zero-order valence-corrected chi connectivity index (χ0v) is 19.9. The summed E-state index contributed by atoms with van der Waals surface area (Å²) < 4.78 is 17.3. The molecule has 0 spiro atoms. The van der Waals surface area contributed by atoms with E-state index in [0.717, 1.165) is 17.1 Å². The number of nitrogens with zero attached hydrogens (tertiary/aromatic N) is 2. The summed E-state index contributed by atoms with van der Waals surface area (Å²) in [7, 11) is 0. The Kier molecular flexibility index (Phi) is 8.04. The molecule has 0 aliphatic heterocycles. The van der Waals surface area contributed by atoms with E-state index in [-0.39, 0.29) is 5.56 Å². The smallest absolute Gasteiger partial charge is 0.270 e. The number of nitriles is 1. The third-order valence-corrected chi connectivity index (χ3v) is 5.60. The van der Waals surface area contributed by atoms with Gasteiger partial charge in [-0.2, -0.15) is 5.26 Å². The van der Waals surface area contributed by atoms with Crippen LogP contribution in [0.5, 0.6) is 17.2 Å². The molecule has 1 N–H and O–H groups in total. The average molecular weight is 486 g/mol. The zero-order chi connectivity index (χ0) is 24.5. The highest BCUT2D eigenvalue weighted by atomic mass is 32.2. The lowest BCUT2D eigenvalue weighted by molar-refractivity contribution is 0.217. The van der Waals surface area contributed by atoms with Gasteiger partial charge in [0.2, 0.25) is 0 Å². The Morgan fingerprint density at radius 1 is 0.857 bits per heavy atom. The summed E-state index contributed by atoms with van der Waals surface area (Å²) in [5.74, 6) is 2.15. The Hall–Kier alpha value is -4.22. The van der Waals surface area contributed by atoms with Crippen LogP contribution < -0.4 is 19.8 Å². The zero-order valence-electron chi connectivity index (χ0n) is 19.1. The Bertz CT molecular complexity index is 1350. The molecule has 0 unspecified atom stereocenters. The van der Waals surface area contributed by atoms with Crippen molar-refractivity contribution in [2.24, 2.45) is 0 Å². The first-order chi connectivity index (χ1) is 17.2. The van der Waals surface area contributed by atoms with Crippen molar-refractivity contribution < 1.29 is 14.2 Å². The molecule has 4 aromatic rings. The van der Waals surface area contributed by atoms with Crippen molar-refractivity contribution in [1.82, 2.24) is 9.97 Å². The highest BCUT2D eigenvalue weighted by molar-refractivity contribution is 7.98. The van der Waals surface area contributed by atoms with E-state index in [1.54, 1.807) is 30.5 Å². The van der Waals surface area contributed by atoms with Gasteiger partial charge in [0.1, 0.15) is 48.7 Å². The summed E-state index contributed by atoms with van der Waals surface area (Å²) in [5, 5.41) is 9.80. The van der Waals surface area contributed by atoms with Gasteiger partial charge in [-0.25, -0.2) is 4.98 Å². The quantitative estimate of drug-likeness (QED) is 0.190. The first-order valence-electron chi connectivity index (χ1n) is 10.9. The maximum absolute atomic E-state index is 12.1.